The van der Waals surface area contributed by atoms with Crippen LogP contribution in [0.15, 0.2) is 36.7 Å². The van der Waals surface area contributed by atoms with Gasteiger partial charge in [0.1, 0.15) is 5.75 Å². The summed E-state index contributed by atoms with van der Waals surface area (Å²) < 4.78 is 10.3. The van der Waals surface area contributed by atoms with E-state index in [0.717, 1.165) is 11.3 Å². The van der Waals surface area contributed by atoms with E-state index in [-0.39, 0.29) is 17.8 Å². The zero-order chi connectivity index (χ0) is 15.9. The zero-order valence-electron chi connectivity index (χ0n) is 12.9. The van der Waals surface area contributed by atoms with Crippen molar-refractivity contribution in [3.63, 3.8) is 0 Å². The molecule has 1 amide bonds. The molecule has 0 aliphatic heterocycles. The Morgan fingerprint density at radius 3 is 2.50 bits per heavy atom. The smallest absolute Gasteiger partial charge is 0.229 e. The molecular weight excluding hydrogens is 282 g/mol. The Hall–Kier alpha value is -2.63. The van der Waals surface area contributed by atoms with Crippen molar-refractivity contribution in [2.45, 2.75) is 19.3 Å². The van der Waals surface area contributed by atoms with Crippen molar-refractivity contribution in [1.29, 1.82) is 0 Å². The molecule has 22 heavy (non-hydrogen) atoms. The van der Waals surface area contributed by atoms with Crippen LogP contribution in [0, 0.1) is 0 Å². The highest BCUT2D eigenvalue weighted by atomic mass is 16.5. The van der Waals surface area contributed by atoms with Gasteiger partial charge in [0, 0.05) is 6.42 Å². The van der Waals surface area contributed by atoms with Gasteiger partial charge in [-0.2, -0.15) is 0 Å². The van der Waals surface area contributed by atoms with Gasteiger partial charge >= 0.3 is 0 Å². The van der Waals surface area contributed by atoms with E-state index in [9.17, 15) is 4.79 Å². The highest BCUT2D eigenvalue weighted by Crippen LogP contribution is 2.28. The lowest BCUT2D eigenvalue weighted by atomic mass is 9.96. The number of rotatable bonds is 6. The largest absolute Gasteiger partial charge is 0.496 e. The van der Waals surface area contributed by atoms with Gasteiger partial charge < -0.3 is 9.47 Å². The lowest BCUT2D eigenvalue weighted by molar-refractivity contribution is -0.116. The molecule has 116 valence electrons. The summed E-state index contributed by atoms with van der Waals surface area (Å²) in [6.07, 6.45) is 3.33. The highest BCUT2D eigenvalue weighted by molar-refractivity contribution is 5.89. The maximum Gasteiger partial charge on any atom is 0.229 e. The molecule has 2 rings (SSSR count). The van der Waals surface area contributed by atoms with Crippen molar-refractivity contribution in [3.05, 3.63) is 42.2 Å². The average molecular weight is 301 g/mol. The van der Waals surface area contributed by atoms with E-state index in [2.05, 4.69) is 15.3 Å². The number of para-hydroxylation sites is 1. The molecule has 6 nitrogen and oxygen atoms in total. The molecule has 0 radical (unpaired) electrons. The van der Waals surface area contributed by atoms with Crippen LogP contribution in [-0.2, 0) is 4.79 Å². The Morgan fingerprint density at radius 1 is 1.18 bits per heavy atom. The Balaban J connectivity index is 1.98. The maximum absolute atomic E-state index is 12.1. The van der Waals surface area contributed by atoms with Crippen molar-refractivity contribution in [3.8, 4) is 11.5 Å². The second kappa shape index (κ2) is 7.40. The number of amides is 1. The maximum atomic E-state index is 12.1. The molecule has 1 aromatic carbocycles. The number of hydrogen-bond acceptors (Lipinski definition) is 5. The number of aromatic nitrogens is 2. The first kappa shape index (κ1) is 15.8. The molecule has 1 atom stereocenters. The van der Waals surface area contributed by atoms with Gasteiger partial charge in [-0.05, 0) is 17.5 Å². The van der Waals surface area contributed by atoms with Crippen LogP contribution in [0.5, 0.6) is 11.5 Å². The van der Waals surface area contributed by atoms with Crippen LogP contribution in [-0.4, -0.2) is 30.1 Å². The Kier molecular flexibility index (Phi) is 5.30. The summed E-state index contributed by atoms with van der Waals surface area (Å²) in [5, 5.41) is 2.67. The van der Waals surface area contributed by atoms with Crippen LogP contribution in [0.1, 0.15) is 24.8 Å². The summed E-state index contributed by atoms with van der Waals surface area (Å²) >= 11 is 0. The van der Waals surface area contributed by atoms with E-state index >= 15 is 0 Å². The number of anilines is 1. The standard InChI is InChI=1S/C16H19N3O3/c1-11(13-6-4-5-7-14(13)22-3)8-15(20)19-16-17-9-12(21-2)10-18-16/h4-7,9-11H,8H2,1-3H3,(H,17,18,19,20). The number of hydrogen-bond donors (Lipinski definition) is 1. The van der Waals surface area contributed by atoms with Gasteiger partial charge in [-0.25, -0.2) is 9.97 Å². The summed E-state index contributed by atoms with van der Waals surface area (Å²) in [5.41, 5.74) is 0.996. The minimum absolute atomic E-state index is 0.0226. The predicted molar refractivity (Wildman–Crippen MR) is 83.2 cm³/mol. The fourth-order valence-corrected chi connectivity index (χ4v) is 2.12. The van der Waals surface area contributed by atoms with Crippen LogP contribution in [0.3, 0.4) is 0 Å². The molecule has 1 N–H and O–H groups in total. The molecule has 0 spiro atoms. The minimum atomic E-state index is -0.149. The number of ether oxygens (including phenoxy) is 2. The number of methoxy groups -OCH3 is 2. The van der Waals surface area contributed by atoms with E-state index in [4.69, 9.17) is 9.47 Å². The second-order valence-electron chi connectivity index (χ2n) is 4.84. The van der Waals surface area contributed by atoms with Crippen LogP contribution < -0.4 is 14.8 Å². The van der Waals surface area contributed by atoms with Gasteiger partial charge in [0.15, 0.2) is 5.75 Å². The molecule has 1 unspecified atom stereocenters. The molecule has 0 fully saturated rings. The van der Waals surface area contributed by atoms with E-state index in [0.29, 0.717) is 12.2 Å². The molecular formula is C16H19N3O3. The molecule has 0 saturated carbocycles. The molecule has 0 aliphatic rings. The van der Waals surface area contributed by atoms with E-state index in [1.165, 1.54) is 19.5 Å². The highest BCUT2D eigenvalue weighted by Gasteiger charge is 2.15. The lowest BCUT2D eigenvalue weighted by Crippen LogP contribution is -2.16. The molecule has 0 saturated heterocycles. The van der Waals surface area contributed by atoms with Gasteiger partial charge in [0.05, 0.1) is 26.6 Å². The third-order valence-electron chi connectivity index (χ3n) is 3.28. The van der Waals surface area contributed by atoms with Crippen molar-refractivity contribution < 1.29 is 14.3 Å². The first-order chi connectivity index (χ1) is 10.6. The summed E-state index contributed by atoms with van der Waals surface area (Å²) in [7, 11) is 3.16. The molecule has 0 aliphatic carbocycles. The van der Waals surface area contributed by atoms with E-state index in [1.54, 1.807) is 7.11 Å². The molecule has 0 bridgehead atoms. The van der Waals surface area contributed by atoms with Crippen molar-refractivity contribution >= 4 is 11.9 Å². The van der Waals surface area contributed by atoms with Gasteiger partial charge in [-0.15, -0.1) is 0 Å². The number of carbonyl (C=O) groups excluding carboxylic acids is 1. The topological polar surface area (TPSA) is 73.3 Å². The minimum Gasteiger partial charge on any atom is -0.496 e. The van der Waals surface area contributed by atoms with Crippen molar-refractivity contribution in [2.75, 3.05) is 19.5 Å². The molecule has 2 aromatic rings. The van der Waals surface area contributed by atoms with Crippen LogP contribution in [0.25, 0.3) is 0 Å². The summed E-state index contributed by atoms with van der Waals surface area (Å²) in [6.45, 7) is 1.98. The number of benzene rings is 1. The lowest BCUT2D eigenvalue weighted by Gasteiger charge is -2.15. The zero-order valence-corrected chi connectivity index (χ0v) is 12.9. The van der Waals surface area contributed by atoms with E-state index < -0.39 is 0 Å². The van der Waals surface area contributed by atoms with Crippen molar-refractivity contribution in [2.24, 2.45) is 0 Å². The number of nitrogens with one attached hydrogen (secondary N) is 1. The third kappa shape index (κ3) is 3.94. The average Bonchev–Trinajstić information content (AvgIpc) is 2.55. The van der Waals surface area contributed by atoms with Gasteiger partial charge in [-0.3, -0.25) is 10.1 Å². The van der Waals surface area contributed by atoms with E-state index in [1.807, 2.05) is 31.2 Å². The number of nitrogens with zero attached hydrogens (tertiary/aromatic N) is 2. The van der Waals surface area contributed by atoms with Gasteiger partial charge in [-0.1, -0.05) is 25.1 Å². The Bertz CT molecular complexity index is 629. The quantitative estimate of drug-likeness (QED) is 0.888. The summed E-state index contributed by atoms with van der Waals surface area (Å²) in [6, 6.07) is 7.68. The Labute approximate surface area is 129 Å². The van der Waals surface area contributed by atoms with Gasteiger partial charge in [0.2, 0.25) is 11.9 Å². The first-order valence-corrected chi connectivity index (χ1v) is 6.93. The third-order valence-corrected chi connectivity index (χ3v) is 3.28. The Morgan fingerprint density at radius 2 is 1.86 bits per heavy atom. The fourth-order valence-electron chi connectivity index (χ4n) is 2.12. The van der Waals surface area contributed by atoms with Crippen LogP contribution >= 0.6 is 0 Å². The summed E-state index contributed by atoms with van der Waals surface area (Å²) in [5.74, 6) is 1.46. The van der Waals surface area contributed by atoms with Gasteiger partial charge in [0.25, 0.3) is 0 Å². The molecule has 1 heterocycles. The summed E-state index contributed by atoms with van der Waals surface area (Å²) in [4.78, 5) is 20.1. The van der Waals surface area contributed by atoms with Crippen LogP contribution in [0.2, 0.25) is 0 Å². The molecule has 1 aromatic heterocycles. The van der Waals surface area contributed by atoms with Crippen molar-refractivity contribution in [1.82, 2.24) is 9.97 Å². The molecule has 6 heteroatoms. The predicted octanol–water partition coefficient (Wildman–Crippen LogP) is 2.63. The first-order valence-electron chi connectivity index (χ1n) is 6.93. The number of carbonyl (C=O) groups is 1. The SMILES string of the molecule is COc1cnc(NC(=O)CC(C)c2ccccc2OC)nc1. The second-order valence-corrected chi connectivity index (χ2v) is 4.84. The fraction of sp³-hybridized carbons (Fsp3) is 0.312. The normalized spacial score (nSPS) is 11.6. The van der Waals surface area contributed by atoms with Crippen LogP contribution in [0.4, 0.5) is 5.95 Å². The monoisotopic (exact) mass is 301 g/mol.